The number of aliphatic carboxylic acids is 1. The predicted molar refractivity (Wildman–Crippen MR) is 139 cm³/mol. The SMILES string of the molecule is C[C@H]1C(S[C@@H]2CNC(CN(C)c3ccc(N)c4ccccc34)C2)=C(C(=O)O)N2C(=O)[C@@H](CCO)[C@H]12. The van der Waals surface area contributed by atoms with E-state index in [1.807, 2.05) is 31.2 Å². The van der Waals surface area contributed by atoms with Crippen LogP contribution in [-0.4, -0.2) is 71.1 Å². The highest BCUT2D eigenvalue weighted by molar-refractivity contribution is 8.03. The molecule has 35 heavy (non-hydrogen) atoms. The molecule has 8 nitrogen and oxygen atoms in total. The number of aliphatic hydroxyl groups is 1. The lowest BCUT2D eigenvalue weighted by Gasteiger charge is -2.45. The fourth-order valence-corrected chi connectivity index (χ4v) is 7.47. The molecule has 0 aliphatic carbocycles. The van der Waals surface area contributed by atoms with Crippen molar-refractivity contribution >= 4 is 45.8 Å². The van der Waals surface area contributed by atoms with Crippen LogP contribution in [0.15, 0.2) is 47.0 Å². The van der Waals surface area contributed by atoms with E-state index < -0.39 is 5.97 Å². The molecular weight excluding hydrogens is 464 g/mol. The number of hydrogen-bond acceptors (Lipinski definition) is 7. The summed E-state index contributed by atoms with van der Waals surface area (Å²) in [5.41, 5.74) is 8.21. The third-order valence-corrected chi connectivity index (χ3v) is 9.13. The normalized spacial score (nSPS) is 27.9. The summed E-state index contributed by atoms with van der Waals surface area (Å²) in [5.74, 6) is -1.55. The number of carboxylic acids is 1. The zero-order chi connectivity index (χ0) is 24.9. The summed E-state index contributed by atoms with van der Waals surface area (Å²) in [7, 11) is 2.09. The number of nitrogen functional groups attached to an aromatic ring is 1. The molecule has 5 rings (SSSR count). The molecule has 0 saturated carbocycles. The molecule has 1 unspecified atom stereocenters. The molecule has 3 aliphatic heterocycles. The molecule has 0 radical (unpaired) electrons. The molecule has 2 fully saturated rings. The van der Waals surface area contributed by atoms with E-state index in [0.29, 0.717) is 6.42 Å². The Morgan fingerprint density at radius 3 is 2.71 bits per heavy atom. The highest BCUT2D eigenvalue weighted by Gasteiger charge is 2.58. The average Bonchev–Trinajstić information content (AvgIpc) is 3.38. The van der Waals surface area contributed by atoms with Crippen LogP contribution >= 0.6 is 11.8 Å². The quantitative estimate of drug-likeness (QED) is 0.325. The number of anilines is 2. The number of nitrogens with two attached hydrogens (primary N) is 1. The van der Waals surface area contributed by atoms with Gasteiger partial charge >= 0.3 is 5.97 Å². The maximum Gasteiger partial charge on any atom is 0.353 e. The number of carboxylic acid groups (broad SMARTS) is 1. The number of likely N-dealkylation sites (N-methyl/N-ethyl adjacent to an activating group) is 1. The van der Waals surface area contributed by atoms with Crippen molar-refractivity contribution in [3.8, 4) is 0 Å². The second-order valence-electron chi connectivity index (χ2n) is 9.81. The molecule has 1 amide bonds. The van der Waals surface area contributed by atoms with Crippen molar-refractivity contribution in [1.82, 2.24) is 10.2 Å². The second kappa shape index (κ2) is 9.37. The average molecular weight is 497 g/mol. The molecule has 2 aromatic rings. The van der Waals surface area contributed by atoms with Gasteiger partial charge < -0.3 is 31.1 Å². The van der Waals surface area contributed by atoms with Crippen LogP contribution in [0.1, 0.15) is 19.8 Å². The van der Waals surface area contributed by atoms with Gasteiger partial charge in [0.05, 0.1) is 12.0 Å². The van der Waals surface area contributed by atoms with Crippen molar-refractivity contribution in [2.24, 2.45) is 11.8 Å². The molecule has 9 heteroatoms. The summed E-state index contributed by atoms with van der Waals surface area (Å²) < 4.78 is 0. The largest absolute Gasteiger partial charge is 0.477 e. The Kier molecular flexibility index (Phi) is 6.41. The van der Waals surface area contributed by atoms with Crippen LogP contribution in [-0.2, 0) is 9.59 Å². The first kappa shape index (κ1) is 24.0. The number of benzene rings is 2. The predicted octanol–water partition coefficient (Wildman–Crippen LogP) is 2.48. The third-order valence-electron chi connectivity index (χ3n) is 7.62. The van der Waals surface area contributed by atoms with Gasteiger partial charge in [0.2, 0.25) is 5.91 Å². The van der Waals surface area contributed by atoms with Crippen molar-refractivity contribution < 1.29 is 19.8 Å². The number of rotatable bonds is 8. The number of hydrogen-bond donors (Lipinski definition) is 4. The minimum absolute atomic E-state index is 0.0387. The minimum atomic E-state index is -1.05. The Bertz CT molecular complexity index is 1200. The zero-order valence-electron chi connectivity index (χ0n) is 20.0. The van der Waals surface area contributed by atoms with E-state index in [1.54, 1.807) is 11.8 Å². The van der Waals surface area contributed by atoms with E-state index in [0.717, 1.165) is 46.6 Å². The Morgan fingerprint density at radius 1 is 1.26 bits per heavy atom. The Balaban J connectivity index is 1.27. The first-order valence-electron chi connectivity index (χ1n) is 12.1. The topological polar surface area (TPSA) is 119 Å². The van der Waals surface area contributed by atoms with Gasteiger partial charge in [-0.15, -0.1) is 11.8 Å². The van der Waals surface area contributed by atoms with E-state index in [2.05, 4.69) is 29.4 Å². The van der Waals surface area contributed by atoms with Crippen molar-refractivity contribution in [2.45, 2.75) is 37.1 Å². The van der Waals surface area contributed by atoms with Gasteiger partial charge in [-0.2, -0.15) is 0 Å². The van der Waals surface area contributed by atoms with Crippen LogP contribution in [0.2, 0.25) is 0 Å². The fraction of sp³-hybridized carbons (Fsp3) is 0.462. The molecule has 0 aromatic heterocycles. The van der Waals surface area contributed by atoms with Crippen LogP contribution in [0.25, 0.3) is 10.8 Å². The van der Waals surface area contributed by atoms with Crippen LogP contribution in [0.4, 0.5) is 11.4 Å². The minimum Gasteiger partial charge on any atom is -0.477 e. The summed E-state index contributed by atoms with van der Waals surface area (Å²) in [6, 6.07) is 12.3. The lowest BCUT2D eigenvalue weighted by molar-refractivity contribution is -0.157. The molecule has 0 spiro atoms. The smallest absolute Gasteiger partial charge is 0.353 e. The molecule has 3 aliphatic rings. The number of β-lactam (4-membered cyclic amide) rings is 1. The highest BCUT2D eigenvalue weighted by atomic mass is 32.2. The third kappa shape index (κ3) is 4.05. The molecule has 0 bridgehead atoms. The van der Waals surface area contributed by atoms with Crippen LogP contribution < -0.4 is 16.0 Å². The summed E-state index contributed by atoms with van der Waals surface area (Å²) in [4.78, 5) is 29.2. The first-order valence-corrected chi connectivity index (χ1v) is 13.0. The number of fused-ring (bicyclic) bond motifs is 2. The maximum atomic E-state index is 12.6. The summed E-state index contributed by atoms with van der Waals surface area (Å²) >= 11 is 1.61. The molecule has 3 heterocycles. The molecule has 2 aromatic carbocycles. The van der Waals surface area contributed by atoms with Gasteiger partial charge in [-0.1, -0.05) is 31.2 Å². The second-order valence-corrected chi connectivity index (χ2v) is 11.1. The Hall–Kier alpha value is -2.75. The van der Waals surface area contributed by atoms with Gasteiger partial charge in [-0.25, -0.2) is 4.79 Å². The van der Waals surface area contributed by atoms with Crippen molar-refractivity contribution in [2.75, 3.05) is 37.4 Å². The lowest BCUT2D eigenvalue weighted by Crippen LogP contribution is -2.60. The number of carbonyl (C=O) groups excluding carboxylic acids is 1. The van der Waals surface area contributed by atoms with Crippen molar-refractivity contribution in [1.29, 1.82) is 0 Å². The number of nitrogens with zero attached hydrogens (tertiary/aromatic N) is 2. The number of thioether (sulfide) groups is 1. The van der Waals surface area contributed by atoms with Crippen molar-refractivity contribution in [3.05, 3.63) is 47.0 Å². The van der Waals surface area contributed by atoms with Crippen LogP contribution in [0.5, 0.6) is 0 Å². The number of carbonyl (C=O) groups is 2. The number of nitrogens with one attached hydrogen (secondary N) is 1. The Labute approximate surface area is 209 Å². The van der Waals surface area contributed by atoms with Gasteiger partial charge in [0.25, 0.3) is 0 Å². The standard InChI is InChI=1S/C26H32N4O4S/c1-14-22-19(9-10-31)25(32)30(22)23(26(33)34)24(14)35-16-11-15(28-12-16)13-29(2)21-8-7-20(27)17-5-3-4-6-18(17)21/h3-8,14-16,19,22,28,31H,9-13,27H2,1-2H3,(H,33,34)/t14-,15?,16+,19+,22+/m1/s1. The zero-order valence-corrected chi connectivity index (χ0v) is 20.8. The van der Waals surface area contributed by atoms with Crippen LogP contribution in [0.3, 0.4) is 0 Å². The van der Waals surface area contributed by atoms with Gasteiger partial charge in [0, 0.05) is 71.0 Å². The van der Waals surface area contributed by atoms with E-state index >= 15 is 0 Å². The molecule has 2 saturated heterocycles. The lowest BCUT2D eigenvalue weighted by atomic mass is 9.80. The van der Waals surface area contributed by atoms with E-state index in [-0.39, 0.29) is 47.4 Å². The first-order chi connectivity index (χ1) is 16.8. The molecule has 5 N–H and O–H groups in total. The maximum absolute atomic E-state index is 12.6. The van der Waals surface area contributed by atoms with Crippen molar-refractivity contribution in [3.63, 3.8) is 0 Å². The van der Waals surface area contributed by atoms with E-state index in [1.165, 1.54) is 4.90 Å². The molecular formula is C26H32N4O4S. The Morgan fingerprint density at radius 2 is 2.00 bits per heavy atom. The van der Waals surface area contributed by atoms with Crippen LogP contribution in [0, 0.1) is 11.8 Å². The summed E-state index contributed by atoms with van der Waals surface area (Å²) in [5, 5.41) is 25.2. The van der Waals surface area contributed by atoms with Gasteiger partial charge in [0.15, 0.2) is 0 Å². The number of aliphatic hydroxyl groups excluding tert-OH is 1. The highest BCUT2D eigenvalue weighted by Crippen LogP contribution is 2.51. The summed E-state index contributed by atoms with van der Waals surface area (Å²) in [6.07, 6.45) is 1.29. The van der Waals surface area contributed by atoms with E-state index in [4.69, 9.17) is 5.73 Å². The number of amides is 1. The summed E-state index contributed by atoms with van der Waals surface area (Å²) in [6.45, 7) is 3.54. The fourth-order valence-electron chi connectivity index (χ4n) is 5.95. The van der Waals surface area contributed by atoms with Gasteiger partial charge in [-0.3, -0.25) is 4.79 Å². The van der Waals surface area contributed by atoms with E-state index in [9.17, 15) is 19.8 Å². The van der Waals surface area contributed by atoms with Gasteiger partial charge in [0.1, 0.15) is 5.70 Å². The monoisotopic (exact) mass is 496 g/mol. The van der Waals surface area contributed by atoms with Gasteiger partial charge in [-0.05, 0) is 25.0 Å². The molecule has 5 atom stereocenters. The molecule has 186 valence electrons.